The zero-order chi connectivity index (χ0) is 18.1. The maximum atomic E-state index is 12.1. The van der Waals surface area contributed by atoms with Crippen LogP contribution in [0.3, 0.4) is 0 Å². The van der Waals surface area contributed by atoms with Crippen LogP contribution in [0.15, 0.2) is 23.5 Å². The first-order chi connectivity index (χ1) is 12.1. The van der Waals surface area contributed by atoms with Crippen molar-refractivity contribution in [3.63, 3.8) is 0 Å². The standard InChI is InChI=1S/C19H32N4OS/c1-4-21-19(22-12-10-16-9-11-20-14-15(16)3)23-17-7-6-8-18(13-17)25(24)5-2/h9,11,14,17-18H,4-8,10,12-13H2,1-3H3,(H2,21,22,23). The highest BCUT2D eigenvalue weighted by atomic mass is 32.2. The van der Waals surface area contributed by atoms with Crippen molar-refractivity contribution in [2.24, 2.45) is 4.99 Å². The molecular formula is C19H32N4OS. The summed E-state index contributed by atoms with van der Waals surface area (Å²) in [5.74, 6) is 1.64. The summed E-state index contributed by atoms with van der Waals surface area (Å²) in [6, 6.07) is 2.44. The second kappa shape index (κ2) is 10.5. The van der Waals surface area contributed by atoms with Gasteiger partial charge in [0.2, 0.25) is 0 Å². The fourth-order valence-corrected chi connectivity index (χ4v) is 4.68. The lowest BCUT2D eigenvalue weighted by molar-refractivity contribution is 0.413. The molecule has 0 aromatic carbocycles. The van der Waals surface area contributed by atoms with Crippen LogP contribution in [0.2, 0.25) is 0 Å². The van der Waals surface area contributed by atoms with Crippen molar-refractivity contribution in [2.45, 2.75) is 64.2 Å². The lowest BCUT2D eigenvalue weighted by Gasteiger charge is -2.30. The summed E-state index contributed by atoms with van der Waals surface area (Å²) in [4.78, 5) is 8.87. The van der Waals surface area contributed by atoms with Gasteiger partial charge in [-0.3, -0.25) is 14.2 Å². The quantitative estimate of drug-likeness (QED) is 0.576. The van der Waals surface area contributed by atoms with Gasteiger partial charge in [0.15, 0.2) is 5.96 Å². The topological polar surface area (TPSA) is 66.4 Å². The Morgan fingerprint density at radius 3 is 2.96 bits per heavy atom. The zero-order valence-electron chi connectivity index (χ0n) is 15.8. The Morgan fingerprint density at radius 1 is 1.40 bits per heavy atom. The van der Waals surface area contributed by atoms with Gasteiger partial charge in [0.05, 0.1) is 0 Å². The molecule has 1 aromatic heterocycles. The summed E-state index contributed by atoms with van der Waals surface area (Å²) < 4.78 is 12.1. The summed E-state index contributed by atoms with van der Waals surface area (Å²) in [5.41, 5.74) is 2.51. The first-order valence-electron chi connectivity index (χ1n) is 9.45. The minimum absolute atomic E-state index is 0.332. The van der Waals surface area contributed by atoms with Gasteiger partial charge >= 0.3 is 0 Å². The molecule has 0 amide bonds. The summed E-state index contributed by atoms with van der Waals surface area (Å²) in [5, 5.41) is 7.23. The normalized spacial score (nSPS) is 22.4. The monoisotopic (exact) mass is 364 g/mol. The van der Waals surface area contributed by atoms with Crippen molar-refractivity contribution in [1.29, 1.82) is 0 Å². The van der Waals surface area contributed by atoms with Crippen molar-refractivity contribution in [1.82, 2.24) is 15.6 Å². The number of hydrogen-bond donors (Lipinski definition) is 2. The van der Waals surface area contributed by atoms with E-state index in [4.69, 9.17) is 4.99 Å². The molecule has 0 saturated heterocycles. The van der Waals surface area contributed by atoms with Crippen LogP contribution in [0.25, 0.3) is 0 Å². The lowest BCUT2D eigenvalue weighted by atomic mass is 9.95. The molecule has 6 heteroatoms. The molecule has 1 heterocycles. The second-order valence-corrected chi connectivity index (χ2v) is 8.62. The maximum Gasteiger partial charge on any atom is 0.191 e. The Balaban J connectivity index is 1.90. The van der Waals surface area contributed by atoms with Crippen LogP contribution in [0.4, 0.5) is 0 Å². The third-order valence-corrected chi connectivity index (χ3v) is 6.50. The zero-order valence-corrected chi connectivity index (χ0v) is 16.6. The number of aromatic nitrogens is 1. The summed E-state index contributed by atoms with van der Waals surface area (Å²) in [6.45, 7) is 7.78. The molecule has 3 unspecified atom stereocenters. The van der Waals surface area contributed by atoms with Crippen LogP contribution in [0.5, 0.6) is 0 Å². The van der Waals surface area contributed by atoms with Gasteiger partial charge in [-0.15, -0.1) is 0 Å². The van der Waals surface area contributed by atoms with Crippen LogP contribution >= 0.6 is 0 Å². The molecule has 0 bridgehead atoms. The van der Waals surface area contributed by atoms with E-state index in [9.17, 15) is 4.21 Å². The van der Waals surface area contributed by atoms with Crippen molar-refractivity contribution < 1.29 is 4.21 Å². The van der Waals surface area contributed by atoms with Crippen molar-refractivity contribution in [3.8, 4) is 0 Å². The number of pyridine rings is 1. The number of aliphatic imine (C=N–C) groups is 1. The molecule has 3 atom stereocenters. The number of nitrogens with one attached hydrogen (secondary N) is 2. The molecule has 140 valence electrons. The molecular weight excluding hydrogens is 332 g/mol. The van der Waals surface area contributed by atoms with Crippen LogP contribution in [-0.2, 0) is 17.2 Å². The van der Waals surface area contributed by atoms with Gasteiger partial charge in [-0.25, -0.2) is 0 Å². The third-order valence-electron chi connectivity index (χ3n) is 4.76. The molecule has 1 saturated carbocycles. The molecule has 25 heavy (non-hydrogen) atoms. The molecule has 2 N–H and O–H groups in total. The highest BCUT2D eigenvalue weighted by Crippen LogP contribution is 2.23. The number of rotatable bonds is 7. The fraction of sp³-hybridized carbons (Fsp3) is 0.684. The first kappa shape index (κ1) is 19.9. The average molecular weight is 365 g/mol. The predicted molar refractivity (Wildman–Crippen MR) is 107 cm³/mol. The Bertz CT molecular complexity index is 591. The predicted octanol–water partition coefficient (Wildman–Crippen LogP) is 2.57. The van der Waals surface area contributed by atoms with E-state index in [2.05, 4.69) is 35.5 Å². The van der Waals surface area contributed by atoms with E-state index < -0.39 is 10.8 Å². The first-order valence-corrected chi connectivity index (χ1v) is 10.8. The summed E-state index contributed by atoms with van der Waals surface area (Å²) >= 11 is 0. The molecule has 1 aromatic rings. The van der Waals surface area contributed by atoms with Crippen molar-refractivity contribution >= 4 is 16.8 Å². The van der Waals surface area contributed by atoms with Crippen LogP contribution < -0.4 is 10.6 Å². The number of hydrogen-bond acceptors (Lipinski definition) is 3. The van der Waals surface area contributed by atoms with Gasteiger partial charge in [-0.05, 0) is 56.7 Å². The minimum Gasteiger partial charge on any atom is -0.357 e. The Labute approximate surface area is 154 Å². The maximum absolute atomic E-state index is 12.1. The van der Waals surface area contributed by atoms with Crippen LogP contribution in [0.1, 0.15) is 50.7 Å². The van der Waals surface area contributed by atoms with Gasteiger partial charge in [-0.1, -0.05) is 13.3 Å². The smallest absolute Gasteiger partial charge is 0.191 e. The molecule has 1 fully saturated rings. The van der Waals surface area contributed by atoms with Crippen molar-refractivity contribution in [2.75, 3.05) is 18.8 Å². The highest BCUT2D eigenvalue weighted by Gasteiger charge is 2.25. The average Bonchev–Trinajstić information content (AvgIpc) is 2.63. The van der Waals surface area contributed by atoms with Gasteiger partial charge in [0, 0.05) is 53.3 Å². The van der Waals surface area contributed by atoms with Gasteiger partial charge in [-0.2, -0.15) is 0 Å². The molecule has 2 rings (SSSR count). The van der Waals surface area contributed by atoms with Crippen molar-refractivity contribution in [3.05, 3.63) is 29.6 Å². The number of aryl methyl sites for hydroxylation is 1. The molecule has 5 nitrogen and oxygen atoms in total. The minimum atomic E-state index is -0.692. The molecule has 1 aliphatic carbocycles. The second-order valence-electron chi connectivity index (χ2n) is 6.61. The van der Waals surface area contributed by atoms with Gasteiger partial charge in [0.1, 0.15) is 0 Å². The largest absolute Gasteiger partial charge is 0.357 e. The highest BCUT2D eigenvalue weighted by molar-refractivity contribution is 7.85. The summed E-state index contributed by atoms with van der Waals surface area (Å²) in [6.07, 6.45) is 9.00. The van der Waals surface area contributed by atoms with E-state index in [1.54, 1.807) is 0 Å². The van der Waals surface area contributed by atoms with E-state index in [0.717, 1.165) is 56.9 Å². The Hall–Kier alpha value is -1.43. The summed E-state index contributed by atoms with van der Waals surface area (Å²) in [7, 11) is -0.692. The van der Waals surface area contributed by atoms with Crippen LogP contribution in [-0.4, -0.2) is 45.3 Å². The molecule has 1 aliphatic rings. The van der Waals surface area contributed by atoms with E-state index in [-0.39, 0.29) is 0 Å². The Kier molecular flexibility index (Phi) is 8.38. The fourth-order valence-electron chi connectivity index (χ4n) is 3.33. The van der Waals surface area contributed by atoms with Gasteiger partial charge < -0.3 is 10.6 Å². The van der Waals surface area contributed by atoms with E-state index >= 15 is 0 Å². The molecule has 0 spiro atoms. The number of nitrogens with zero attached hydrogens (tertiary/aromatic N) is 2. The third kappa shape index (κ3) is 6.42. The SMILES string of the molecule is CCNC(=NCCc1ccncc1C)NC1CCCC(S(=O)CC)C1. The van der Waals surface area contributed by atoms with Crippen LogP contribution in [0, 0.1) is 6.92 Å². The van der Waals surface area contributed by atoms with E-state index in [0.29, 0.717) is 11.3 Å². The molecule has 0 radical (unpaired) electrons. The molecule has 0 aliphatic heterocycles. The lowest BCUT2D eigenvalue weighted by Crippen LogP contribution is -2.46. The van der Waals surface area contributed by atoms with E-state index in [1.807, 2.05) is 19.3 Å². The van der Waals surface area contributed by atoms with Gasteiger partial charge in [0.25, 0.3) is 0 Å². The van der Waals surface area contributed by atoms with E-state index in [1.165, 1.54) is 11.1 Å². The number of guanidine groups is 1. The Morgan fingerprint density at radius 2 is 2.24 bits per heavy atom.